The molecule has 24 heavy (non-hydrogen) atoms. The van der Waals surface area contributed by atoms with Gasteiger partial charge >= 0.3 is 0 Å². The van der Waals surface area contributed by atoms with Gasteiger partial charge in [-0.1, -0.05) is 5.16 Å². The molecule has 1 aliphatic heterocycles. The Morgan fingerprint density at radius 3 is 2.58 bits per heavy atom. The summed E-state index contributed by atoms with van der Waals surface area (Å²) in [5.74, 6) is -0.00892. The van der Waals surface area contributed by atoms with E-state index in [9.17, 15) is 18.3 Å². The van der Waals surface area contributed by atoms with Crippen LogP contribution in [0.5, 0.6) is 0 Å². The summed E-state index contributed by atoms with van der Waals surface area (Å²) >= 11 is 0. The average Bonchev–Trinajstić information content (AvgIpc) is 3.00. The lowest BCUT2D eigenvalue weighted by Crippen LogP contribution is -2.33. The van der Waals surface area contributed by atoms with Crippen molar-refractivity contribution in [3.05, 3.63) is 17.0 Å². The van der Waals surface area contributed by atoms with Crippen molar-refractivity contribution in [3.8, 4) is 0 Å². The van der Waals surface area contributed by atoms with Gasteiger partial charge in [-0.15, -0.1) is 0 Å². The van der Waals surface area contributed by atoms with Crippen molar-refractivity contribution in [2.45, 2.75) is 32.8 Å². The van der Waals surface area contributed by atoms with Crippen molar-refractivity contribution in [3.63, 3.8) is 0 Å². The summed E-state index contributed by atoms with van der Waals surface area (Å²) in [6.07, 6.45) is -0.0153. The van der Waals surface area contributed by atoms with Gasteiger partial charge in [-0.2, -0.15) is 0 Å². The van der Waals surface area contributed by atoms with Crippen LogP contribution >= 0.6 is 0 Å². The molecule has 2 atom stereocenters. The fourth-order valence-electron chi connectivity index (χ4n) is 2.89. The van der Waals surface area contributed by atoms with Crippen LogP contribution in [0.4, 0.5) is 0 Å². The number of carbonyl (C=O) groups is 1. The van der Waals surface area contributed by atoms with Crippen LogP contribution < -0.4 is 0 Å². The van der Waals surface area contributed by atoms with Gasteiger partial charge < -0.3 is 14.5 Å². The third kappa shape index (κ3) is 4.14. The Kier molecular flexibility index (Phi) is 5.67. The highest BCUT2D eigenvalue weighted by molar-refractivity contribution is 7.89. The van der Waals surface area contributed by atoms with E-state index in [0.29, 0.717) is 12.2 Å². The maximum absolute atomic E-state index is 12.4. The zero-order chi connectivity index (χ0) is 18.1. The first-order valence-corrected chi connectivity index (χ1v) is 9.50. The molecule has 9 heteroatoms. The Labute approximate surface area is 142 Å². The first kappa shape index (κ1) is 18.9. The second-order valence-corrected chi connectivity index (χ2v) is 8.72. The van der Waals surface area contributed by atoms with Gasteiger partial charge in [-0.05, 0) is 20.3 Å². The highest BCUT2D eigenvalue weighted by Gasteiger charge is 2.37. The first-order chi connectivity index (χ1) is 11.1. The number of aryl methyl sites for hydroxylation is 2. The lowest BCUT2D eigenvalue weighted by atomic mass is 10.1. The molecule has 0 radical (unpaired) electrons. The number of sulfonamides is 1. The van der Waals surface area contributed by atoms with Gasteiger partial charge in [-0.25, -0.2) is 12.7 Å². The number of aromatic nitrogens is 1. The molecule has 0 unspecified atom stereocenters. The molecule has 1 aromatic heterocycles. The van der Waals surface area contributed by atoms with Crippen LogP contribution in [0, 0.1) is 19.8 Å². The molecule has 136 valence electrons. The van der Waals surface area contributed by atoms with Crippen LogP contribution in [-0.2, 0) is 21.2 Å². The van der Waals surface area contributed by atoms with Gasteiger partial charge in [0.1, 0.15) is 5.76 Å². The zero-order valence-corrected chi connectivity index (χ0v) is 15.3. The third-order valence-electron chi connectivity index (χ3n) is 4.51. The van der Waals surface area contributed by atoms with E-state index < -0.39 is 22.0 Å². The maximum Gasteiger partial charge on any atom is 0.223 e. The Morgan fingerprint density at radius 1 is 1.38 bits per heavy atom. The number of rotatable bonds is 6. The van der Waals surface area contributed by atoms with Gasteiger partial charge in [0, 0.05) is 45.1 Å². The predicted octanol–water partition coefficient (Wildman–Crippen LogP) is -0.0653. The molecule has 0 saturated carbocycles. The van der Waals surface area contributed by atoms with Crippen molar-refractivity contribution in [1.29, 1.82) is 0 Å². The molecule has 2 rings (SSSR count). The molecule has 1 fully saturated rings. The Morgan fingerprint density at radius 2 is 2.04 bits per heavy atom. The highest BCUT2D eigenvalue weighted by Crippen LogP contribution is 2.22. The van der Waals surface area contributed by atoms with Crippen molar-refractivity contribution in [1.82, 2.24) is 14.4 Å². The van der Waals surface area contributed by atoms with E-state index in [1.54, 1.807) is 4.90 Å². The van der Waals surface area contributed by atoms with E-state index in [4.69, 9.17) is 4.52 Å². The SMILES string of the molecule is Cc1noc(C)c1CCC(=O)N1C[C@@H](CS(=O)(=O)N(C)C)[C@@H](O)C1. The lowest BCUT2D eigenvalue weighted by Gasteiger charge is -2.18. The third-order valence-corrected chi connectivity index (χ3v) is 6.47. The summed E-state index contributed by atoms with van der Waals surface area (Å²) in [4.78, 5) is 13.9. The Hall–Kier alpha value is -1.45. The van der Waals surface area contributed by atoms with E-state index in [1.807, 2.05) is 13.8 Å². The van der Waals surface area contributed by atoms with Crippen LogP contribution in [-0.4, -0.2) is 72.8 Å². The summed E-state index contributed by atoms with van der Waals surface area (Å²) in [7, 11) is -0.485. The van der Waals surface area contributed by atoms with Crippen LogP contribution in [0.15, 0.2) is 4.52 Å². The minimum absolute atomic E-state index is 0.0983. The Bertz CT molecular complexity index is 678. The molecular formula is C15H25N3O5S. The largest absolute Gasteiger partial charge is 0.391 e. The molecule has 1 aromatic rings. The molecule has 0 bridgehead atoms. The molecule has 2 heterocycles. The number of β-amino-alcohol motifs (C(OH)–C–C–N with tert-alkyl or cyclic N) is 1. The molecule has 1 N–H and O–H groups in total. The number of likely N-dealkylation sites (tertiary alicyclic amines) is 1. The van der Waals surface area contributed by atoms with Crippen LogP contribution in [0.3, 0.4) is 0 Å². The van der Waals surface area contributed by atoms with E-state index in [1.165, 1.54) is 14.1 Å². The monoisotopic (exact) mass is 359 g/mol. The molecule has 0 aromatic carbocycles. The Balaban J connectivity index is 1.93. The van der Waals surface area contributed by atoms with E-state index >= 15 is 0 Å². The normalized spacial score (nSPS) is 21.7. The first-order valence-electron chi connectivity index (χ1n) is 7.89. The second kappa shape index (κ2) is 7.20. The maximum atomic E-state index is 12.4. The number of aliphatic hydroxyl groups excluding tert-OH is 1. The second-order valence-electron chi connectivity index (χ2n) is 6.49. The summed E-state index contributed by atoms with van der Waals surface area (Å²) < 4.78 is 30.1. The van der Waals surface area contributed by atoms with Gasteiger partial charge in [0.25, 0.3) is 0 Å². The van der Waals surface area contributed by atoms with E-state index in [-0.39, 0.29) is 31.2 Å². The molecule has 1 aliphatic rings. The highest BCUT2D eigenvalue weighted by atomic mass is 32.2. The molecule has 8 nitrogen and oxygen atoms in total. The van der Waals surface area contributed by atoms with Crippen molar-refractivity contribution >= 4 is 15.9 Å². The number of amides is 1. The quantitative estimate of drug-likeness (QED) is 0.763. The summed E-state index contributed by atoms with van der Waals surface area (Å²) in [5.41, 5.74) is 1.70. The number of nitrogens with zero attached hydrogens (tertiary/aromatic N) is 3. The summed E-state index contributed by atoms with van der Waals surface area (Å²) in [5, 5.41) is 14.0. The zero-order valence-electron chi connectivity index (χ0n) is 14.5. The molecular weight excluding hydrogens is 334 g/mol. The van der Waals surface area contributed by atoms with Gasteiger partial charge in [0.15, 0.2) is 0 Å². The lowest BCUT2D eigenvalue weighted by molar-refractivity contribution is -0.130. The molecule has 0 spiro atoms. The number of hydrogen-bond acceptors (Lipinski definition) is 6. The smallest absolute Gasteiger partial charge is 0.223 e. The van der Waals surface area contributed by atoms with Crippen molar-refractivity contribution in [2.75, 3.05) is 32.9 Å². The molecule has 1 saturated heterocycles. The standard InChI is InChI=1S/C15H25N3O5S/c1-10-13(11(2)23-16-10)5-6-15(20)18-7-12(14(19)8-18)9-24(21,22)17(3)4/h12,14,19H,5-9H2,1-4H3/t12-,14-/m0/s1. The number of carbonyl (C=O) groups excluding carboxylic acids is 1. The van der Waals surface area contributed by atoms with Crippen LogP contribution in [0.2, 0.25) is 0 Å². The van der Waals surface area contributed by atoms with Gasteiger partial charge in [0.05, 0.1) is 17.6 Å². The van der Waals surface area contributed by atoms with Gasteiger partial charge in [-0.3, -0.25) is 4.79 Å². The topological polar surface area (TPSA) is 104 Å². The fraction of sp³-hybridized carbons (Fsp3) is 0.733. The molecule has 0 aliphatic carbocycles. The summed E-state index contributed by atoms with van der Waals surface area (Å²) in [6, 6.07) is 0. The van der Waals surface area contributed by atoms with Crippen LogP contribution in [0.25, 0.3) is 0 Å². The van der Waals surface area contributed by atoms with Gasteiger partial charge in [0.2, 0.25) is 15.9 Å². The minimum atomic E-state index is -3.41. The molecule has 1 amide bonds. The van der Waals surface area contributed by atoms with E-state index in [2.05, 4.69) is 5.16 Å². The number of aliphatic hydroxyl groups is 1. The van der Waals surface area contributed by atoms with Crippen molar-refractivity contribution < 1.29 is 22.8 Å². The average molecular weight is 359 g/mol. The van der Waals surface area contributed by atoms with Crippen LogP contribution in [0.1, 0.15) is 23.4 Å². The fourth-order valence-corrected chi connectivity index (χ4v) is 4.06. The summed E-state index contributed by atoms with van der Waals surface area (Å²) in [6.45, 7) is 4.07. The van der Waals surface area contributed by atoms with E-state index in [0.717, 1.165) is 15.6 Å². The number of hydrogen-bond donors (Lipinski definition) is 1. The predicted molar refractivity (Wildman–Crippen MR) is 87.8 cm³/mol. The minimum Gasteiger partial charge on any atom is -0.391 e. The van der Waals surface area contributed by atoms with Crippen molar-refractivity contribution in [2.24, 2.45) is 5.92 Å².